The maximum Gasteiger partial charge on any atom is 0.274 e. The number of pyridine rings is 1. The van der Waals surface area contributed by atoms with E-state index in [4.69, 9.17) is 5.26 Å². The zero-order valence-corrected chi connectivity index (χ0v) is 14.6. The first-order valence-electron chi connectivity index (χ1n) is 8.22. The zero-order chi connectivity index (χ0) is 19.2. The summed E-state index contributed by atoms with van der Waals surface area (Å²) in [6, 6.07) is 20.6. The van der Waals surface area contributed by atoms with E-state index < -0.39 is 11.8 Å². The Bertz CT molecular complexity index is 1040. The Balaban J connectivity index is 1.74. The second kappa shape index (κ2) is 7.93. The van der Waals surface area contributed by atoms with Crippen molar-refractivity contribution in [1.29, 1.82) is 5.26 Å². The molecule has 3 aromatic rings. The largest absolute Gasteiger partial charge is 0.321 e. The third kappa shape index (κ3) is 4.55. The molecule has 0 radical (unpaired) electrons. The van der Waals surface area contributed by atoms with Crippen LogP contribution in [0.3, 0.4) is 0 Å². The lowest BCUT2D eigenvalue weighted by atomic mass is 10.2. The summed E-state index contributed by atoms with van der Waals surface area (Å²) in [6.45, 7) is 1.96. The highest BCUT2D eigenvalue weighted by molar-refractivity contribution is 6.06. The molecule has 2 aromatic carbocycles. The van der Waals surface area contributed by atoms with Crippen molar-refractivity contribution in [3.63, 3.8) is 0 Å². The fourth-order valence-corrected chi connectivity index (χ4v) is 2.38. The third-order valence-corrected chi connectivity index (χ3v) is 3.77. The maximum absolute atomic E-state index is 12.4. The van der Waals surface area contributed by atoms with Crippen LogP contribution in [0.5, 0.6) is 0 Å². The smallest absolute Gasteiger partial charge is 0.274 e. The molecule has 0 fully saturated rings. The lowest BCUT2D eigenvalue weighted by Crippen LogP contribution is -2.18. The van der Waals surface area contributed by atoms with Crippen molar-refractivity contribution in [2.75, 3.05) is 10.6 Å². The minimum Gasteiger partial charge on any atom is -0.321 e. The van der Waals surface area contributed by atoms with Gasteiger partial charge in [0.15, 0.2) is 0 Å². The number of hydrogen-bond acceptors (Lipinski definition) is 4. The summed E-state index contributed by atoms with van der Waals surface area (Å²) in [6.07, 6.45) is 0. The summed E-state index contributed by atoms with van der Waals surface area (Å²) in [7, 11) is 0. The van der Waals surface area contributed by atoms with Crippen LogP contribution in [0.4, 0.5) is 11.4 Å². The van der Waals surface area contributed by atoms with Crippen LogP contribution >= 0.6 is 0 Å². The van der Waals surface area contributed by atoms with Crippen molar-refractivity contribution in [3.8, 4) is 6.07 Å². The van der Waals surface area contributed by atoms with Gasteiger partial charge in [-0.1, -0.05) is 29.8 Å². The van der Waals surface area contributed by atoms with Gasteiger partial charge in [0.2, 0.25) is 0 Å². The minimum absolute atomic E-state index is 0.105. The molecule has 1 heterocycles. The number of nitrogens with one attached hydrogen (secondary N) is 2. The molecule has 0 unspecified atom stereocenters. The van der Waals surface area contributed by atoms with Gasteiger partial charge in [0.1, 0.15) is 11.4 Å². The topological polar surface area (TPSA) is 94.9 Å². The van der Waals surface area contributed by atoms with E-state index in [1.165, 1.54) is 12.1 Å². The van der Waals surface area contributed by atoms with Gasteiger partial charge in [0.05, 0.1) is 11.6 Å². The Kier molecular flexibility index (Phi) is 5.24. The number of nitrogens with zero attached hydrogens (tertiary/aromatic N) is 2. The van der Waals surface area contributed by atoms with Gasteiger partial charge in [-0.25, -0.2) is 4.98 Å². The Morgan fingerprint density at radius 2 is 1.44 bits per heavy atom. The van der Waals surface area contributed by atoms with E-state index in [0.717, 1.165) is 5.56 Å². The number of carbonyl (C=O) groups is 2. The van der Waals surface area contributed by atoms with Crippen LogP contribution in [0, 0.1) is 18.3 Å². The molecule has 0 atom stereocenters. The van der Waals surface area contributed by atoms with Crippen LogP contribution < -0.4 is 10.6 Å². The third-order valence-electron chi connectivity index (χ3n) is 3.77. The van der Waals surface area contributed by atoms with E-state index in [9.17, 15) is 9.59 Å². The van der Waals surface area contributed by atoms with Gasteiger partial charge in [-0.15, -0.1) is 0 Å². The van der Waals surface area contributed by atoms with Crippen molar-refractivity contribution >= 4 is 23.2 Å². The van der Waals surface area contributed by atoms with Crippen molar-refractivity contribution in [2.45, 2.75) is 6.92 Å². The van der Waals surface area contributed by atoms with Crippen LogP contribution in [-0.4, -0.2) is 16.8 Å². The van der Waals surface area contributed by atoms with Crippen LogP contribution in [0.1, 0.15) is 32.1 Å². The van der Waals surface area contributed by atoms with Gasteiger partial charge in [0, 0.05) is 11.4 Å². The quantitative estimate of drug-likeness (QED) is 0.744. The number of aryl methyl sites for hydroxylation is 1. The maximum atomic E-state index is 12.4. The predicted molar refractivity (Wildman–Crippen MR) is 102 cm³/mol. The highest BCUT2D eigenvalue weighted by Gasteiger charge is 2.13. The molecule has 2 N–H and O–H groups in total. The van der Waals surface area contributed by atoms with Crippen LogP contribution in [-0.2, 0) is 0 Å². The van der Waals surface area contributed by atoms with Gasteiger partial charge in [0.25, 0.3) is 11.8 Å². The molecule has 6 nitrogen and oxygen atoms in total. The Morgan fingerprint density at radius 3 is 2.07 bits per heavy atom. The van der Waals surface area contributed by atoms with Crippen molar-refractivity contribution < 1.29 is 9.59 Å². The standard InChI is InChI=1S/C21H16N4O2/c1-14-8-10-16(11-9-14)23-20(26)18-6-3-7-19(25-18)21(27)24-17-5-2-4-15(12-17)13-22/h2-12H,1H3,(H,23,26)(H,24,27). The zero-order valence-electron chi connectivity index (χ0n) is 14.6. The average molecular weight is 356 g/mol. The summed E-state index contributed by atoms with van der Waals surface area (Å²) < 4.78 is 0. The molecule has 6 heteroatoms. The molecule has 0 saturated heterocycles. The predicted octanol–water partition coefficient (Wildman–Crippen LogP) is 3.77. The Morgan fingerprint density at radius 1 is 0.852 bits per heavy atom. The normalized spacial score (nSPS) is 9.93. The van der Waals surface area contributed by atoms with E-state index in [-0.39, 0.29) is 11.4 Å². The average Bonchev–Trinajstić information content (AvgIpc) is 2.70. The van der Waals surface area contributed by atoms with E-state index in [2.05, 4.69) is 15.6 Å². The molecule has 0 aliphatic carbocycles. The molecular weight excluding hydrogens is 340 g/mol. The number of rotatable bonds is 4. The van der Waals surface area contributed by atoms with Crippen LogP contribution in [0.15, 0.2) is 66.7 Å². The number of anilines is 2. The lowest BCUT2D eigenvalue weighted by molar-refractivity contribution is 0.101. The highest BCUT2D eigenvalue weighted by Crippen LogP contribution is 2.13. The molecule has 0 spiro atoms. The monoisotopic (exact) mass is 356 g/mol. The van der Waals surface area contributed by atoms with Crippen molar-refractivity contribution in [2.24, 2.45) is 0 Å². The number of aromatic nitrogens is 1. The second-order valence-corrected chi connectivity index (χ2v) is 5.87. The molecule has 1 aromatic heterocycles. The lowest BCUT2D eigenvalue weighted by Gasteiger charge is -2.08. The summed E-state index contributed by atoms with van der Waals surface area (Å²) in [4.78, 5) is 28.9. The number of amides is 2. The molecule has 132 valence electrons. The van der Waals surface area contributed by atoms with Crippen LogP contribution in [0.2, 0.25) is 0 Å². The molecular formula is C21H16N4O2. The minimum atomic E-state index is -0.463. The molecule has 0 saturated carbocycles. The summed E-state index contributed by atoms with van der Waals surface area (Å²) in [5.41, 5.74) is 2.89. The first kappa shape index (κ1) is 17.8. The fourth-order valence-electron chi connectivity index (χ4n) is 2.38. The summed E-state index contributed by atoms with van der Waals surface area (Å²) in [5, 5.41) is 14.3. The van der Waals surface area contributed by atoms with Crippen LogP contribution in [0.25, 0.3) is 0 Å². The molecule has 27 heavy (non-hydrogen) atoms. The SMILES string of the molecule is Cc1ccc(NC(=O)c2cccc(C(=O)Nc3cccc(C#N)c3)n2)cc1. The number of nitriles is 1. The first-order valence-corrected chi connectivity index (χ1v) is 8.22. The van der Waals surface area contributed by atoms with E-state index in [1.807, 2.05) is 25.1 Å². The van der Waals surface area contributed by atoms with Gasteiger partial charge < -0.3 is 10.6 Å². The van der Waals surface area contributed by atoms with E-state index in [1.54, 1.807) is 42.5 Å². The summed E-state index contributed by atoms with van der Waals surface area (Å²) in [5.74, 6) is -0.866. The highest BCUT2D eigenvalue weighted by atomic mass is 16.2. The first-order chi connectivity index (χ1) is 13.0. The Labute approximate surface area is 156 Å². The van der Waals surface area contributed by atoms with Crippen molar-refractivity contribution in [1.82, 2.24) is 4.98 Å². The number of benzene rings is 2. The van der Waals surface area contributed by atoms with Gasteiger partial charge >= 0.3 is 0 Å². The summed E-state index contributed by atoms with van der Waals surface area (Å²) >= 11 is 0. The van der Waals surface area contributed by atoms with Gasteiger partial charge in [-0.3, -0.25) is 9.59 Å². The number of hydrogen-bond donors (Lipinski definition) is 2. The van der Waals surface area contributed by atoms with E-state index in [0.29, 0.717) is 16.9 Å². The van der Waals surface area contributed by atoms with Gasteiger partial charge in [-0.2, -0.15) is 5.26 Å². The molecule has 0 bridgehead atoms. The Hall–Kier alpha value is -3.98. The number of carbonyl (C=O) groups excluding carboxylic acids is 2. The molecule has 3 rings (SSSR count). The van der Waals surface area contributed by atoms with E-state index >= 15 is 0 Å². The molecule has 2 amide bonds. The second-order valence-electron chi connectivity index (χ2n) is 5.87. The van der Waals surface area contributed by atoms with Crippen molar-refractivity contribution in [3.05, 3.63) is 89.2 Å². The molecule has 0 aliphatic rings. The fraction of sp³-hybridized carbons (Fsp3) is 0.0476. The van der Waals surface area contributed by atoms with Gasteiger partial charge in [-0.05, 0) is 49.4 Å². The molecule has 0 aliphatic heterocycles.